The molecule has 0 aliphatic carbocycles. The van der Waals surface area contributed by atoms with Crippen LogP contribution in [0.15, 0.2) is 0 Å². The van der Waals surface area contributed by atoms with E-state index in [1.807, 2.05) is 4.57 Å². The molecule has 2 rings (SSSR count). The Morgan fingerprint density at radius 1 is 1.33 bits per heavy atom. The molecule has 2 aromatic rings. The number of aromatic nitrogens is 4. The number of hydrogen-bond donors (Lipinski definition) is 1. The average molecular weight is 282 g/mol. The van der Waals surface area contributed by atoms with Crippen LogP contribution in [0.1, 0.15) is 37.9 Å². The molecule has 2 aromatic heterocycles. The van der Waals surface area contributed by atoms with Gasteiger partial charge >= 0.3 is 0 Å². The number of nitrogens with zero attached hydrogens (tertiary/aromatic N) is 3. The molecule has 0 bridgehead atoms. The van der Waals surface area contributed by atoms with Crippen LogP contribution in [0.2, 0.25) is 0 Å². The molecule has 0 atom stereocenters. The number of aryl methyl sites for hydroxylation is 2. The predicted octanol–water partition coefficient (Wildman–Crippen LogP) is 3.60. The van der Waals surface area contributed by atoms with Gasteiger partial charge in [0.25, 0.3) is 0 Å². The maximum Gasteiger partial charge on any atom is 0.195 e. The number of hydrogen-bond acceptors (Lipinski definition) is 4. The summed E-state index contributed by atoms with van der Waals surface area (Å²) in [4.78, 5) is 5.87. The summed E-state index contributed by atoms with van der Waals surface area (Å²) in [6.45, 7) is 7.21. The fraction of sp³-hybridized carbons (Fsp3) is 0.583. The highest BCUT2D eigenvalue weighted by Crippen LogP contribution is 2.30. The molecule has 6 heteroatoms. The van der Waals surface area contributed by atoms with Gasteiger partial charge in [0.2, 0.25) is 0 Å². The van der Waals surface area contributed by atoms with Crippen molar-refractivity contribution in [1.82, 2.24) is 19.7 Å². The van der Waals surface area contributed by atoms with Gasteiger partial charge in [-0.2, -0.15) is 5.10 Å². The van der Waals surface area contributed by atoms with Crippen molar-refractivity contribution in [2.45, 2.75) is 46.6 Å². The van der Waals surface area contributed by atoms with Crippen LogP contribution < -0.4 is 0 Å². The highest BCUT2D eigenvalue weighted by atomic mass is 32.1. The molecule has 98 valence electrons. The second kappa shape index (κ2) is 5.75. The van der Waals surface area contributed by atoms with Crippen LogP contribution in [-0.2, 0) is 19.4 Å². The molecular formula is C12H18N4S2. The van der Waals surface area contributed by atoms with Crippen molar-refractivity contribution in [3.63, 3.8) is 0 Å². The summed E-state index contributed by atoms with van der Waals surface area (Å²) in [5.41, 5.74) is 1.16. The largest absolute Gasteiger partial charge is 0.300 e. The third kappa shape index (κ3) is 2.40. The first-order valence-corrected chi connectivity index (χ1v) is 7.57. The van der Waals surface area contributed by atoms with Crippen molar-refractivity contribution in [2.24, 2.45) is 0 Å². The van der Waals surface area contributed by atoms with E-state index in [2.05, 4.69) is 31.0 Å². The van der Waals surface area contributed by atoms with Crippen LogP contribution >= 0.6 is 23.6 Å². The maximum absolute atomic E-state index is 5.24. The van der Waals surface area contributed by atoms with E-state index in [0.29, 0.717) is 4.77 Å². The molecule has 4 nitrogen and oxygen atoms in total. The van der Waals surface area contributed by atoms with E-state index < -0.39 is 0 Å². The van der Waals surface area contributed by atoms with Crippen molar-refractivity contribution in [2.75, 3.05) is 0 Å². The van der Waals surface area contributed by atoms with E-state index in [1.165, 1.54) is 9.88 Å². The number of nitrogens with one attached hydrogen (secondary N) is 1. The zero-order chi connectivity index (χ0) is 13.1. The Morgan fingerprint density at radius 3 is 2.72 bits per heavy atom. The number of H-pyrrole nitrogens is 1. The Kier molecular flexibility index (Phi) is 4.29. The van der Waals surface area contributed by atoms with Crippen molar-refractivity contribution >= 4 is 23.6 Å². The molecule has 0 aliphatic rings. The number of rotatable bonds is 5. The highest BCUT2D eigenvalue weighted by Gasteiger charge is 2.16. The molecule has 18 heavy (non-hydrogen) atoms. The SMILES string of the molecule is CCCc1nc(CC)sc1-c1n[nH]c(=S)n1CC. The van der Waals surface area contributed by atoms with Gasteiger partial charge in [0.15, 0.2) is 10.6 Å². The third-order valence-electron chi connectivity index (χ3n) is 2.81. The van der Waals surface area contributed by atoms with Gasteiger partial charge in [-0.15, -0.1) is 11.3 Å². The van der Waals surface area contributed by atoms with E-state index in [1.54, 1.807) is 11.3 Å². The van der Waals surface area contributed by atoms with Crippen molar-refractivity contribution < 1.29 is 0 Å². The van der Waals surface area contributed by atoms with Crippen LogP contribution in [0.3, 0.4) is 0 Å². The van der Waals surface area contributed by atoms with E-state index in [4.69, 9.17) is 17.2 Å². The summed E-state index contributed by atoms with van der Waals surface area (Å²) in [6, 6.07) is 0. The molecule has 0 radical (unpaired) electrons. The normalized spacial score (nSPS) is 11.1. The lowest BCUT2D eigenvalue weighted by atomic mass is 10.2. The molecule has 0 spiro atoms. The monoisotopic (exact) mass is 282 g/mol. The summed E-state index contributed by atoms with van der Waals surface area (Å²) in [7, 11) is 0. The Hall–Kier alpha value is -1.01. The van der Waals surface area contributed by atoms with Gasteiger partial charge in [0, 0.05) is 6.54 Å². The van der Waals surface area contributed by atoms with Gasteiger partial charge in [0.05, 0.1) is 15.6 Å². The van der Waals surface area contributed by atoms with Crippen LogP contribution in [0, 0.1) is 4.77 Å². The lowest BCUT2D eigenvalue weighted by Crippen LogP contribution is -1.98. The topological polar surface area (TPSA) is 46.5 Å². The van der Waals surface area contributed by atoms with E-state index in [-0.39, 0.29) is 0 Å². The average Bonchev–Trinajstić information content (AvgIpc) is 2.93. The number of thiazole rings is 1. The molecule has 1 N–H and O–H groups in total. The van der Waals surface area contributed by atoms with Crippen LogP contribution in [0.4, 0.5) is 0 Å². The molecule has 0 aliphatic heterocycles. The third-order valence-corrected chi connectivity index (χ3v) is 4.36. The van der Waals surface area contributed by atoms with Gasteiger partial charge in [-0.25, -0.2) is 4.98 Å². The second-order valence-corrected chi connectivity index (χ2v) is 5.55. The molecule has 0 amide bonds. The summed E-state index contributed by atoms with van der Waals surface area (Å²) >= 11 is 6.98. The van der Waals surface area contributed by atoms with Crippen molar-refractivity contribution in [3.05, 3.63) is 15.5 Å². The molecule has 2 heterocycles. The summed E-state index contributed by atoms with van der Waals surface area (Å²) in [5.74, 6) is 0.933. The minimum absolute atomic E-state index is 0.682. The second-order valence-electron chi connectivity index (χ2n) is 4.08. The Morgan fingerprint density at radius 2 is 2.11 bits per heavy atom. The number of aromatic amines is 1. The zero-order valence-electron chi connectivity index (χ0n) is 11.0. The van der Waals surface area contributed by atoms with Gasteiger partial charge in [-0.05, 0) is 32.0 Å². The fourth-order valence-corrected chi connectivity index (χ4v) is 3.23. The lowest BCUT2D eigenvalue weighted by Gasteiger charge is -2.02. The summed E-state index contributed by atoms with van der Waals surface area (Å²) in [6.07, 6.45) is 3.06. The van der Waals surface area contributed by atoms with Crippen LogP contribution in [-0.4, -0.2) is 19.7 Å². The van der Waals surface area contributed by atoms with Gasteiger partial charge in [-0.3, -0.25) is 9.67 Å². The molecule has 0 saturated carbocycles. The standard InChI is InChI=1S/C12H18N4S2/c1-4-7-8-10(18-9(5-2)13-8)11-14-15-12(17)16(11)6-3/h4-7H2,1-3H3,(H,15,17). The Bertz CT molecular complexity index is 579. The predicted molar refractivity (Wildman–Crippen MR) is 77.6 cm³/mol. The molecular weight excluding hydrogens is 264 g/mol. The minimum atomic E-state index is 0.682. The molecule has 0 unspecified atom stereocenters. The quantitative estimate of drug-likeness (QED) is 0.852. The lowest BCUT2D eigenvalue weighted by molar-refractivity contribution is 0.755. The Balaban J connectivity index is 2.54. The summed E-state index contributed by atoms with van der Waals surface area (Å²) in [5, 5.41) is 8.41. The first kappa shape index (κ1) is 13.4. The van der Waals surface area contributed by atoms with Gasteiger partial charge in [-0.1, -0.05) is 20.3 Å². The van der Waals surface area contributed by atoms with Gasteiger partial charge in [0.1, 0.15) is 0 Å². The highest BCUT2D eigenvalue weighted by molar-refractivity contribution is 7.71. The molecule has 0 saturated heterocycles. The zero-order valence-corrected chi connectivity index (χ0v) is 12.6. The minimum Gasteiger partial charge on any atom is -0.300 e. The van der Waals surface area contributed by atoms with Crippen LogP contribution in [0.5, 0.6) is 0 Å². The van der Waals surface area contributed by atoms with E-state index >= 15 is 0 Å². The van der Waals surface area contributed by atoms with E-state index in [9.17, 15) is 0 Å². The first-order valence-electron chi connectivity index (χ1n) is 6.35. The van der Waals surface area contributed by atoms with Crippen molar-refractivity contribution in [1.29, 1.82) is 0 Å². The first-order chi connectivity index (χ1) is 8.71. The molecule has 0 aromatic carbocycles. The maximum atomic E-state index is 5.24. The van der Waals surface area contributed by atoms with Crippen molar-refractivity contribution in [3.8, 4) is 10.7 Å². The summed E-state index contributed by atoms with van der Waals surface area (Å²) < 4.78 is 2.71. The van der Waals surface area contributed by atoms with E-state index in [0.717, 1.165) is 37.3 Å². The fourth-order valence-electron chi connectivity index (χ4n) is 1.92. The smallest absolute Gasteiger partial charge is 0.195 e. The molecule has 0 fully saturated rings. The van der Waals surface area contributed by atoms with Crippen LogP contribution in [0.25, 0.3) is 10.7 Å². The Labute approximate surface area is 116 Å². The van der Waals surface area contributed by atoms with Gasteiger partial charge < -0.3 is 0 Å².